The zero-order valence-electron chi connectivity index (χ0n) is 12.8. The van der Waals surface area contributed by atoms with Gasteiger partial charge in [-0.2, -0.15) is 0 Å². The standard InChI is InChI=1S/C17H14BrN3O2S/c1-2-15(22)21-17-20-13-9-12(7-8-14(13)24-17)19-16(23)10-3-5-11(18)6-4-10/h3-9H,2H2,1H3,(H,19,23)(H,20,21,22). The van der Waals surface area contributed by atoms with E-state index in [0.717, 1.165) is 14.7 Å². The molecule has 0 atom stereocenters. The summed E-state index contributed by atoms with van der Waals surface area (Å²) in [5.74, 6) is -0.255. The van der Waals surface area contributed by atoms with E-state index in [1.165, 1.54) is 11.3 Å². The summed E-state index contributed by atoms with van der Waals surface area (Å²) in [5.41, 5.74) is 1.97. The maximum Gasteiger partial charge on any atom is 0.255 e. The molecule has 0 aliphatic heterocycles. The molecule has 2 N–H and O–H groups in total. The maximum absolute atomic E-state index is 12.2. The Morgan fingerprint density at radius 1 is 1.12 bits per heavy atom. The van der Waals surface area contributed by atoms with Gasteiger partial charge in [0.1, 0.15) is 0 Å². The predicted octanol–water partition coefficient (Wildman–Crippen LogP) is 4.66. The number of halogens is 1. The summed E-state index contributed by atoms with van der Waals surface area (Å²) >= 11 is 4.75. The Balaban J connectivity index is 1.78. The number of thiazole rings is 1. The molecular formula is C17H14BrN3O2S. The van der Waals surface area contributed by atoms with Crippen LogP contribution < -0.4 is 10.6 Å². The fourth-order valence-electron chi connectivity index (χ4n) is 2.07. The van der Waals surface area contributed by atoms with Gasteiger partial charge in [-0.15, -0.1) is 0 Å². The molecule has 1 aromatic heterocycles. The molecule has 24 heavy (non-hydrogen) atoms. The van der Waals surface area contributed by atoms with Gasteiger partial charge < -0.3 is 10.6 Å². The lowest BCUT2D eigenvalue weighted by molar-refractivity contribution is -0.115. The van der Waals surface area contributed by atoms with Crippen molar-refractivity contribution in [2.45, 2.75) is 13.3 Å². The average Bonchev–Trinajstić information content (AvgIpc) is 2.96. The van der Waals surface area contributed by atoms with Crippen molar-refractivity contribution in [2.24, 2.45) is 0 Å². The molecule has 1 heterocycles. The van der Waals surface area contributed by atoms with Crippen LogP contribution >= 0.6 is 27.3 Å². The minimum Gasteiger partial charge on any atom is -0.322 e. The molecule has 3 rings (SSSR count). The Bertz CT molecular complexity index is 906. The van der Waals surface area contributed by atoms with Crippen LogP contribution in [0.2, 0.25) is 0 Å². The highest BCUT2D eigenvalue weighted by atomic mass is 79.9. The molecule has 2 aromatic carbocycles. The van der Waals surface area contributed by atoms with Gasteiger partial charge in [0.05, 0.1) is 10.2 Å². The minimum atomic E-state index is -0.184. The topological polar surface area (TPSA) is 71.1 Å². The maximum atomic E-state index is 12.2. The lowest BCUT2D eigenvalue weighted by Crippen LogP contribution is -2.11. The third kappa shape index (κ3) is 3.80. The minimum absolute atomic E-state index is 0.0715. The zero-order valence-corrected chi connectivity index (χ0v) is 15.2. The van der Waals surface area contributed by atoms with E-state index in [-0.39, 0.29) is 11.8 Å². The Labute approximate surface area is 151 Å². The fraction of sp³-hybridized carbons (Fsp3) is 0.118. The Morgan fingerprint density at radius 3 is 2.58 bits per heavy atom. The molecule has 7 heteroatoms. The number of hydrogen-bond donors (Lipinski definition) is 2. The second kappa shape index (κ2) is 7.11. The van der Waals surface area contributed by atoms with Gasteiger partial charge in [0.2, 0.25) is 5.91 Å². The van der Waals surface area contributed by atoms with E-state index < -0.39 is 0 Å². The Kier molecular flexibility index (Phi) is 4.92. The van der Waals surface area contributed by atoms with Crippen molar-refractivity contribution in [1.82, 2.24) is 4.98 Å². The molecule has 0 saturated heterocycles. The van der Waals surface area contributed by atoms with Crippen LogP contribution in [0, 0.1) is 0 Å². The van der Waals surface area contributed by atoms with Crippen molar-refractivity contribution in [3.05, 3.63) is 52.5 Å². The summed E-state index contributed by atoms with van der Waals surface area (Å²) in [6.07, 6.45) is 0.407. The average molecular weight is 404 g/mol. The second-order valence-corrected chi connectivity index (χ2v) is 7.01. The van der Waals surface area contributed by atoms with Gasteiger partial charge in [0.15, 0.2) is 5.13 Å². The van der Waals surface area contributed by atoms with E-state index in [4.69, 9.17) is 0 Å². The molecule has 0 aliphatic carbocycles. The third-order valence-corrected chi connectivity index (χ3v) is 4.80. The first-order chi connectivity index (χ1) is 11.5. The highest BCUT2D eigenvalue weighted by Crippen LogP contribution is 2.28. The van der Waals surface area contributed by atoms with Gasteiger partial charge in [-0.05, 0) is 42.5 Å². The SMILES string of the molecule is CCC(=O)Nc1nc2cc(NC(=O)c3ccc(Br)cc3)ccc2s1. The first-order valence-corrected chi connectivity index (χ1v) is 8.93. The fourth-order valence-corrected chi connectivity index (χ4v) is 3.20. The van der Waals surface area contributed by atoms with Gasteiger partial charge in [-0.1, -0.05) is 34.2 Å². The van der Waals surface area contributed by atoms with E-state index in [9.17, 15) is 9.59 Å². The highest BCUT2D eigenvalue weighted by molar-refractivity contribution is 9.10. The van der Waals surface area contributed by atoms with Crippen LogP contribution in [0.3, 0.4) is 0 Å². The Hall–Kier alpha value is -2.25. The lowest BCUT2D eigenvalue weighted by atomic mass is 10.2. The number of nitrogens with zero attached hydrogens (tertiary/aromatic N) is 1. The predicted molar refractivity (Wildman–Crippen MR) is 101 cm³/mol. The van der Waals surface area contributed by atoms with E-state index in [2.05, 4.69) is 31.5 Å². The van der Waals surface area contributed by atoms with Crippen molar-refractivity contribution < 1.29 is 9.59 Å². The number of nitrogens with one attached hydrogen (secondary N) is 2. The summed E-state index contributed by atoms with van der Waals surface area (Å²) in [4.78, 5) is 28.1. The van der Waals surface area contributed by atoms with Crippen LogP contribution in [-0.2, 0) is 4.79 Å². The smallest absolute Gasteiger partial charge is 0.255 e. The number of hydrogen-bond acceptors (Lipinski definition) is 4. The summed E-state index contributed by atoms with van der Waals surface area (Å²) in [6.45, 7) is 1.79. The first-order valence-electron chi connectivity index (χ1n) is 7.32. The normalized spacial score (nSPS) is 10.6. The molecule has 0 spiro atoms. The highest BCUT2D eigenvalue weighted by Gasteiger charge is 2.09. The summed E-state index contributed by atoms with van der Waals surface area (Å²) in [7, 11) is 0. The molecule has 0 radical (unpaired) electrons. The molecular weight excluding hydrogens is 390 g/mol. The third-order valence-electron chi connectivity index (χ3n) is 3.32. The quantitative estimate of drug-likeness (QED) is 0.665. The van der Waals surface area contributed by atoms with E-state index in [1.807, 2.05) is 24.3 Å². The number of rotatable bonds is 4. The van der Waals surface area contributed by atoms with E-state index >= 15 is 0 Å². The van der Waals surface area contributed by atoms with Crippen molar-refractivity contribution >= 4 is 60.1 Å². The number of benzene rings is 2. The molecule has 5 nitrogen and oxygen atoms in total. The van der Waals surface area contributed by atoms with Crippen molar-refractivity contribution in [2.75, 3.05) is 10.6 Å². The van der Waals surface area contributed by atoms with Gasteiger partial charge >= 0.3 is 0 Å². The molecule has 0 aliphatic rings. The van der Waals surface area contributed by atoms with Crippen LogP contribution in [0.4, 0.5) is 10.8 Å². The van der Waals surface area contributed by atoms with Crippen LogP contribution in [0.15, 0.2) is 46.9 Å². The number of fused-ring (bicyclic) bond motifs is 1. The number of amides is 2. The molecule has 0 bridgehead atoms. The van der Waals surface area contributed by atoms with Crippen molar-refractivity contribution in [1.29, 1.82) is 0 Å². The Morgan fingerprint density at radius 2 is 1.88 bits per heavy atom. The number of aromatic nitrogens is 1. The molecule has 3 aromatic rings. The molecule has 0 saturated carbocycles. The van der Waals surface area contributed by atoms with Crippen LogP contribution in [0.1, 0.15) is 23.7 Å². The van der Waals surface area contributed by atoms with E-state index in [1.54, 1.807) is 25.1 Å². The monoisotopic (exact) mass is 403 g/mol. The number of anilines is 2. The van der Waals surface area contributed by atoms with Crippen LogP contribution in [0.5, 0.6) is 0 Å². The van der Waals surface area contributed by atoms with Crippen molar-refractivity contribution in [3.8, 4) is 0 Å². The van der Waals surface area contributed by atoms with E-state index in [0.29, 0.717) is 22.8 Å². The molecule has 0 unspecified atom stereocenters. The summed E-state index contributed by atoms with van der Waals surface area (Å²) in [6, 6.07) is 12.6. The summed E-state index contributed by atoms with van der Waals surface area (Å²) in [5, 5.41) is 6.17. The first kappa shape index (κ1) is 16.6. The second-order valence-electron chi connectivity index (χ2n) is 5.06. The van der Waals surface area contributed by atoms with Crippen LogP contribution in [0.25, 0.3) is 10.2 Å². The molecule has 2 amide bonds. The molecule has 0 fully saturated rings. The van der Waals surface area contributed by atoms with Gasteiger partial charge in [-0.3, -0.25) is 9.59 Å². The largest absolute Gasteiger partial charge is 0.322 e. The molecule has 122 valence electrons. The summed E-state index contributed by atoms with van der Waals surface area (Å²) < 4.78 is 1.87. The van der Waals surface area contributed by atoms with Gasteiger partial charge in [0.25, 0.3) is 5.91 Å². The van der Waals surface area contributed by atoms with Crippen LogP contribution in [-0.4, -0.2) is 16.8 Å². The lowest BCUT2D eigenvalue weighted by Gasteiger charge is -2.05. The van der Waals surface area contributed by atoms with Gasteiger partial charge in [-0.25, -0.2) is 4.98 Å². The zero-order chi connectivity index (χ0) is 17.1. The van der Waals surface area contributed by atoms with Gasteiger partial charge in [0, 0.05) is 22.1 Å². The number of carbonyl (C=O) groups excluding carboxylic acids is 2. The van der Waals surface area contributed by atoms with Crippen molar-refractivity contribution in [3.63, 3.8) is 0 Å². The number of carbonyl (C=O) groups is 2.